The summed E-state index contributed by atoms with van der Waals surface area (Å²) in [5.74, 6) is 0. The molecule has 1 heterocycles. The van der Waals surface area contributed by atoms with Gasteiger partial charge in [0.15, 0.2) is 0 Å². The summed E-state index contributed by atoms with van der Waals surface area (Å²) in [6, 6.07) is 36.3. The zero-order valence-corrected chi connectivity index (χ0v) is 19.7. The van der Waals surface area contributed by atoms with Crippen LogP contribution >= 0.6 is 0 Å². The predicted octanol–water partition coefficient (Wildman–Crippen LogP) is 6.96. The van der Waals surface area contributed by atoms with Crippen LogP contribution in [0.5, 0.6) is 0 Å². The standard InChI is InChI=1S/C30H27N3O2/c1-31-28-18-17-26(33(34)35)19-27(28)30(25-15-9-4-10-16-25)29(31)22-32(20-23-11-5-2-6-12-23)21-24-13-7-3-8-14-24/h2-19H,20-22H2,1H3. The van der Waals surface area contributed by atoms with Gasteiger partial charge in [0, 0.05) is 61.0 Å². The topological polar surface area (TPSA) is 51.3 Å². The van der Waals surface area contributed by atoms with E-state index in [1.807, 2.05) is 36.4 Å². The first-order valence-electron chi connectivity index (χ1n) is 11.7. The second-order valence-electron chi connectivity index (χ2n) is 8.82. The third kappa shape index (κ3) is 4.86. The lowest BCUT2D eigenvalue weighted by Gasteiger charge is -2.24. The lowest BCUT2D eigenvalue weighted by atomic mass is 10.0. The smallest absolute Gasteiger partial charge is 0.270 e. The Balaban J connectivity index is 1.63. The summed E-state index contributed by atoms with van der Waals surface area (Å²) >= 11 is 0. The summed E-state index contributed by atoms with van der Waals surface area (Å²) in [5, 5.41) is 12.5. The zero-order chi connectivity index (χ0) is 24.2. The molecule has 5 aromatic rings. The van der Waals surface area contributed by atoms with E-state index in [0.717, 1.165) is 40.8 Å². The van der Waals surface area contributed by atoms with Crippen LogP contribution in [0.15, 0.2) is 109 Å². The molecule has 0 aliphatic heterocycles. The van der Waals surface area contributed by atoms with E-state index < -0.39 is 0 Å². The van der Waals surface area contributed by atoms with E-state index in [1.165, 1.54) is 11.1 Å². The fourth-order valence-electron chi connectivity index (χ4n) is 4.77. The molecule has 0 spiro atoms. The highest BCUT2D eigenvalue weighted by Crippen LogP contribution is 2.37. The highest BCUT2D eigenvalue weighted by atomic mass is 16.6. The van der Waals surface area contributed by atoms with Crippen LogP contribution in [0, 0.1) is 10.1 Å². The van der Waals surface area contributed by atoms with Gasteiger partial charge < -0.3 is 4.57 Å². The molecule has 5 rings (SSSR count). The average molecular weight is 462 g/mol. The summed E-state index contributed by atoms with van der Waals surface area (Å²) in [6.45, 7) is 2.30. The first kappa shape index (κ1) is 22.6. The van der Waals surface area contributed by atoms with Crippen molar-refractivity contribution >= 4 is 16.6 Å². The van der Waals surface area contributed by atoms with Gasteiger partial charge in [-0.25, -0.2) is 0 Å². The van der Waals surface area contributed by atoms with Crippen LogP contribution in [0.1, 0.15) is 16.8 Å². The normalized spacial score (nSPS) is 11.3. The van der Waals surface area contributed by atoms with Gasteiger partial charge in [-0.15, -0.1) is 0 Å². The SMILES string of the molecule is Cn1c(CN(Cc2ccccc2)Cc2ccccc2)c(-c2ccccc2)c2cc([N+](=O)[O-])ccc21. The van der Waals surface area contributed by atoms with Gasteiger partial charge in [-0.2, -0.15) is 0 Å². The molecule has 0 amide bonds. The highest BCUT2D eigenvalue weighted by molar-refractivity contribution is 5.99. The summed E-state index contributed by atoms with van der Waals surface area (Å²) in [7, 11) is 2.05. The number of benzene rings is 4. The number of hydrogen-bond donors (Lipinski definition) is 0. The molecule has 174 valence electrons. The Hall–Kier alpha value is -4.22. The number of nitro benzene ring substituents is 1. The molecule has 0 saturated carbocycles. The molecule has 5 heteroatoms. The number of fused-ring (bicyclic) bond motifs is 1. The zero-order valence-electron chi connectivity index (χ0n) is 19.7. The molecule has 0 atom stereocenters. The van der Waals surface area contributed by atoms with Crippen LogP contribution in [0.4, 0.5) is 5.69 Å². The molecule has 5 nitrogen and oxygen atoms in total. The Morgan fingerprint density at radius 2 is 1.29 bits per heavy atom. The molecule has 4 aromatic carbocycles. The molecular formula is C30H27N3O2. The van der Waals surface area contributed by atoms with Crippen molar-refractivity contribution in [3.63, 3.8) is 0 Å². The summed E-state index contributed by atoms with van der Waals surface area (Å²) in [4.78, 5) is 13.7. The van der Waals surface area contributed by atoms with Gasteiger partial charge in [0.2, 0.25) is 0 Å². The Morgan fingerprint density at radius 1 is 0.743 bits per heavy atom. The number of aromatic nitrogens is 1. The van der Waals surface area contributed by atoms with E-state index in [4.69, 9.17) is 0 Å². The molecule has 1 aromatic heterocycles. The molecule has 35 heavy (non-hydrogen) atoms. The minimum atomic E-state index is -0.321. The van der Waals surface area contributed by atoms with Crippen molar-refractivity contribution in [1.29, 1.82) is 0 Å². The number of hydrogen-bond acceptors (Lipinski definition) is 3. The first-order valence-corrected chi connectivity index (χ1v) is 11.7. The molecule has 0 fully saturated rings. The van der Waals surface area contributed by atoms with E-state index >= 15 is 0 Å². The maximum Gasteiger partial charge on any atom is 0.270 e. The Morgan fingerprint density at radius 3 is 1.83 bits per heavy atom. The van der Waals surface area contributed by atoms with Gasteiger partial charge in [-0.3, -0.25) is 15.0 Å². The van der Waals surface area contributed by atoms with Gasteiger partial charge in [0.1, 0.15) is 0 Å². The number of rotatable bonds is 8. The number of nitrogens with zero attached hydrogens (tertiary/aromatic N) is 3. The number of nitro groups is 1. The van der Waals surface area contributed by atoms with Gasteiger partial charge in [-0.05, 0) is 22.8 Å². The Kier molecular flexibility index (Phi) is 6.42. The maximum atomic E-state index is 11.6. The van der Waals surface area contributed by atoms with Crippen molar-refractivity contribution in [2.45, 2.75) is 19.6 Å². The van der Waals surface area contributed by atoms with Crippen molar-refractivity contribution in [2.75, 3.05) is 0 Å². The summed E-state index contributed by atoms with van der Waals surface area (Å²) in [5.41, 5.74) is 6.85. The molecule has 0 bridgehead atoms. The molecule has 0 N–H and O–H groups in total. The minimum absolute atomic E-state index is 0.109. The summed E-state index contributed by atoms with van der Waals surface area (Å²) in [6.07, 6.45) is 0. The monoisotopic (exact) mass is 461 g/mol. The fourth-order valence-corrected chi connectivity index (χ4v) is 4.77. The Labute approximate surface area is 205 Å². The first-order chi connectivity index (χ1) is 17.1. The molecular weight excluding hydrogens is 434 g/mol. The van der Waals surface area contributed by atoms with Crippen molar-refractivity contribution in [1.82, 2.24) is 9.47 Å². The molecule has 0 radical (unpaired) electrons. The van der Waals surface area contributed by atoms with Crippen LogP contribution in [-0.4, -0.2) is 14.4 Å². The predicted molar refractivity (Wildman–Crippen MR) is 141 cm³/mol. The number of aryl methyl sites for hydroxylation is 1. The van der Waals surface area contributed by atoms with E-state index in [9.17, 15) is 10.1 Å². The quantitative estimate of drug-likeness (QED) is 0.185. The van der Waals surface area contributed by atoms with Crippen molar-refractivity contribution in [2.24, 2.45) is 7.05 Å². The van der Waals surface area contributed by atoms with E-state index in [2.05, 4.69) is 77.2 Å². The van der Waals surface area contributed by atoms with E-state index in [1.54, 1.807) is 12.1 Å². The number of non-ortho nitro benzene ring substituents is 1. The molecule has 0 aliphatic rings. The fraction of sp³-hybridized carbons (Fsp3) is 0.133. The summed E-state index contributed by atoms with van der Waals surface area (Å²) < 4.78 is 2.18. The van der Waals surface area contributed by atoms with Crippen molar-refractivity contribution in [3.8, 4) is 11.1 Å². The third-order valence-corrected chi connectivity index (χ3v) is 6.45. The van der Waals surface area contributed by atoms with Crippen molar-refractivity contribution in [3.05, 3.63) is 136 Å². The third-order valence-electron chi connectivity index (χ3n) is 6.45. The van der Waals surface area contributed by atoms with Crippen LogP contribution in [0.3, 0.4) is 0 Å². The van der Waals surface area contributed by atoms with Crippen LogP contribution < -0.4 is 0 Å². The lowest BCUT2D eigenvalue weighted by Crippen LogP contribution is -2.24. The van der Waals surface area contributed by atoms with E-state index in [-0.39, 0.29) is 10.6 Å². The minimum Gasteiger partial charge on any atom is -0.346 e. The van der Waals surface area contributed by atoms with Crippen LogP contribution in [0.25, 0.3) is 22.0 Å². The lowest BCUT2D eigenvalue weighted by molar-refractivity contribution is -0.384. The van der Waals surface area contributed by atoms with Gasteiger partial charge in [0.25, 0.3) is 5.69 Å². The van der Waals surface area contributed by atoms with Gasteiger partial charge in [0.05, 0.1) is 4.92 Å². The van der Waals surface area contributed by atoms with E-state index in [0.29, 0.717) is 6.54 Å². The van der Waals surface area contributed by atoms with Gasteiger partial charge >= 0.3 is 0 Å². The van der Waals surface area contributed by atoms with Crippen molar-refractivity contribution < 1.29 is 4.92 Å². The molecule has 0 saturated heterocycles. The maximum absolute atomic E-state index is 11.6. The molecule has 0 unspecified atom stereocenters. The highest BCUT2D eigenvalue weighted by Gasteiger charge is 2.21. The second-order valence-corrected chi connectivity index (χ2v) is 8.82. The van der Waals surface area contributed by atoms with Crippen LogP contribution in [0.2, 0.25) is 0 Å². The van der Waals surface area contributed by atoms with Crippen LogP contribution in [-0.2, 0) is 26.7 Å². The average Bonchev–Trinajstić information content (AvgIpc) is 3.16. The Bertz CT molecular complexity index is 1400. The van der Waals surface area contributed by atoms with Gasteiger partial charge in [-0.1, -0.05) is 91.0 Å². The molecule has 0 aliphatic carbocycles. The second kappa shape index (κ2) is 9.95. The largest absolute Gasteiger partial charge is 0.346 e.